The SMILES string of the molecule is O=C(c1cccc(NS(=O)(=O)c2ccccc2)c1)N1CCN(c2nc3c(F)cccc3s2)CC1. The van der Waals surface area contributed by atoms with Crippen molar-refractivity contribution < 1.29 is 17.6 Å². The van der Waals surface area contributed by atoms with Crippen LogP contribution in [0.5, 0.6) is 0 Å². The van der Waals surface area contributed by atoms with Crippen LogP contribution in [-0.4, -0.2) is 50.4 Å². The van der Waals surface area contributed by atoms with Gasteiger partial charge < -0.3 is 9.80 Å². The fraction of sp³-hybridized carbons (Fsp3) is 0.167. The van der Waals surface area contributed by atoms with Gasteiger partial charge in [0.25, 0.3) is 15.9 Å². The number of hydrogen-bond donors (Lipinski definition) is 1. The second-order valence-corrected chi connectivity index (χ2v) is 10.6. The van der Waals surface area contributed by atoms with Gasteiger partial charge in [0.2, 0.25) is 0 Å². The van der Waals surface area contributed by atoms with Gasteiger partial charge in [0.05, 0.1) is 9.60 Å². The number of para-hydroxylation sites is 1. The van der Waals surface area contributed by atoms with Crippen molar-refractivity contribution >= 4 is 48.3 Å². The third-order valence-electron chi connectivity index (χ3n) is 5.61. The van der Waals surface area contributed by atoms with Crippen LogP contribution in [0.3, 0.4) is 0 Å². The van der Waals surface area contributed by atoms with Crippen LogP contribution in [0, 0.1) is 5.82 Å². The van der Waals surface area contributed by atoms with Gasteiger partial charge in [0.15, 0.2) is 5.13 Å². The number of aromatic nitrogens is 1. The molecule has 0 unspecified atom stereocenters. The first kappa shape index (κ1) is 22.3. The Balaban J connectivity index is 1.26. The van der Waals surface area contributed by atoms with Crippen LogP contribution in [0.15, 0.2) is 77.7 Å². The molecule has 1 aliphatic rings. The van der Waals surface area contributed by atoms with Crippen LogP contribution in [0.1, 0.15) is 10.4 Å². The van der Waals surface area contributed by atoms with Crippen molar-refractivity contribution in [2.75, 3.05) is 35.8 Å². The summed E-state index contributed by atoms with van der Waals surface area (Å²) in [5.41, 5.74) is 1.10. The molecule has 0 saturated carbocycles. The molecule has 0 spiro atoms. The highest BCUT2D eigenvalue weighted by molar-refractivity contribution is 7.92. The lowest BCUT2D eigenvalue weighted by atomic mass is 10.1. The molecule has 5 rings (SSSR count). The molecule has 0 aliphatic carbocycles. The second kappa shape index (κ2) is 9.03. The summed E-state index contributed by atoms with van der Waals surface area (Å²) in [5.74, 6) is -0.507. The van der Waals surface area contributed by atoms with E-state index < -0.39 is 10.0 Å². The van der Waals surface area contributed by atoms with Crippen LogP contribution >= 0.6 is 11.3 Å². The first-order valence-electron chi connectivity index (χ1n) is 10.7. The van der Waals surface area contributed by atoms with Crippen molar-refractivity contribution in [2.45, 2.75) is 4.90 Å². The topological polar surface area (TPSA) is 82.6 Å². The van der Waals surface area contributed by atoms with E-state index in [1.165, 1.54) is 29.5 Å². The van der Waals surface area contributed by atoms with E-state index in [1.54, 1.807) is 53.4 Å². The first-order valence-corrected chi connectivity index (χ1v) is 13.0. The summed E-state index contributed by atoms with van der Waals surface area (Å²) >= 11 is 1.44. The predicted molar refractivity (Wildman–Crippen MR) is 131 cm³/mol. The van der Waals surface area contributed by atoms with E-state index in [2.05, 4.69) is 14.6 Å². The summed E-state index contributed by atoms with van der Waals surface area (Å²) < 4.78 is 42.5. The van der Waals surface area contributed by atoms with Gasteiger partial charge in [-0.1, -0.05) is 41.7 Å². The van der Waals surface area contributed by atoms with Crippen LogP contribution < -0.4 is 9.62 Å². The summed E-state index contributed by atoms with van der Waals surface area (Å²) in [6, 6.07) is 19.5. The van der Waals surface area contributed by atoms with Gasteiger partial charge in [-0.25, -0.2) is 17.8 Å². The molecule has 1 amide bonds. The number of nitrogens with zero attached hydrogens (tertiary/aromatic N) is 3. The molecule has 0 radical (unpaired) electrons. The van der Waals surface area contributed by atoms with Crippen molar-refractivity contribution in [1.29, 1.82) is 0 Å². The zero-order valence-corrected chi connectivity index (χ0v) is 19.7. The lowest BCUT2D eigenvalue weighted by Gasteiger charge is -2.34. The monoisotopic (exact) mass is 496 g/mol. The number of benzene rings is 3. The number of piperazine rings is 1. The van der Waals surface area contributed by atoms with Crippen molar-refractivity contribution in [3.8, 4) is 0 Å². The summed E-state index contributed by atoms with van der Waals surface area (Å²) in [6.07, 6.45) is 0. The van der Waals surface area contributed by atoms with Crippen LogP contribution in [0.2, 0.25) is 0 Å². The molecule has 10 heteroatoms. The Bertz CT molecular complexity index is 1450. The number of halogens is 1. The van der Waals surface area contributed by atoms with Crippen molar-refractivity contribution in [1.82, 2.24) is 9.88 Å². The molecule has 0 atom stereocenters. The number of rotatable bonds is 5. The summed E-state index contributed by atoms with van der Waals surface area (Å²) in [6.45, 7) is 2.12. The van der Waals surface area contributed by atoms with Gasteiger partial charge in [-0.2, -0.15) is 0 Å². The molecule has 0 bridgehead atoms. The number of carbonyl (C=O) groups is 1. The number of carbonyl (C=O) groups excluding carboxylic acids is 1. The largest absolute Gasteiger partial charge is 0.345 e. The van der Waals surface area contributed by atoms with Gasteiger partial charge in [-0.3, -0.25) is 9.52 Å². The fourth-order valence-corrected chi connectivity index (χ4v) is 5.95. The van der Waals surface area contributed by atoms with Gasteiger partial charge >= 0.3 is 0 Å². The molecule has 1 N–H and O–H groups in total. The van der Waals surface area contributed by atoms with Crippen LogP contribution in [0.4, 0.5) is 15.2 Å². The maximum atomic E-state index is 14.0. The number of thiazole rings is 1. The van der Waals surface area contributed by atoms with Crippen LogP contribution in [0.25, 0.3) is 10.2 Å². The second-order valence-electron chi connectivity index (χ2n) is 7.86. The number of fused-ring (bicyclic) bond motifs is 1. The molecule has 2 heterocycles. The standard InChI is InChI=1S/C24H21FN4O3S2/c25-20-10-5-11-21-22(20)26-24(33-21)29-14-12-28(13-15-29)23(30)17-6-4-7-18(16-17)27-34(31,32)19-8-2-1-3-9-19/h1-11,16,27H,12-15H2. The first-order chi connectivity index (χ1) is 16.4. The van der Waals surface area contributed by atoms with E-state index in [0.29, 0.717) is 42.9 Å². The predicted octanol–water partition coefficient (Wildman–Crippen LogP) is 4.20. The Morgan fingerprint density at radius 3 is 2.41 bits per heavy atom. The highest BCUT2D eigenvalue weighted by atomic mass is 32.2. The van der Waals surface area contributed by atoms with E-state index in [9.17, 15) is 17.6 Å². The van der Waals surface area contributed by atoms with Gasteiger partial charge in [0.1, 0.15) is 11.3 Å². The Labute approximate surface area is 200 Å². The molecular formula is C24H21FN4O3S2. The molecule has 7 nitrogen and oxygen atoms in total. The minimum absolute atomic E-state index is 0.151. The Hall–Kier alpha value is -3.50. The molecule has 1 saturated heterocycles. The zero-order valence-electron chi connectivity index (χ0n) is 18.0. The maximum absolute atomic E-state index is 14.0. The molecule has 1 aliphatic heterocycles. The average Bonchev–Trinajstić information content (AvgIpc) is 3.30. The molecule has 3 aromatic carbocycles. The van der Waals surface area contributed by atoms with E-state index in [1.807, 2.05) is 6.07 Å². The Morgan fingerprint density at radius 1 is 0.941 bits per heavy atom. The number of sulfonamides is 1. The number of amides is 1. The average molecular weight is 497 g/mol. The zero-order chi connectivity index (χ0) is 23.7. The van der Waals surface area contributed by atoms with Crippen molar-refractivity contribution in [2.24, 2.45) is 0 Å². The van der Waals surface area contributed by atoms with Crippen molar-refractivity contribution in [3.63, 3.8) is 0 Å². The maximum Gasteiger partial charge on any atom is 0.261 e. The summed E-state index contributed by atoms with van der Waals surface area (Å²) in [7, 11) is -3.75. The smallest absolute Gasteiger partial charge is 0.261 e. The third-order valence-corrected chi connectivity index (χ3v) is 8.09. The van der Waals surface area contributed by atoms with E-state index >= 15 is 0 Å². The van der Waals surface area contributed by atoms with Gasteiger partial charge in [0, 0.05) is 37.4 Å². The minimum Gasteiger partial charge on any atom is -0.345 e. The highest BCUT2D eigenvalue weighted by Gasteiger charge is 2.25. The molecule has 34 heavy (non-hydrogen) atoms. The van der Waals surface area contributed by atoms with Gasteiger partial charge in [-0.05, 0) is 42.5 Å². The van der Waals surface area contributed by atoms with Crippen LogP contribution in [-0.2, 0) is 10.0 Å². The van der Waals surface area contributed by atoms with E-state index in [4.69, 9.17) is 0 Å². The normalized spacial score (nSPS) is 14.4. The molecule has 1 fully saturated rings. The molecule has 4 aromatic rings. The lowest BCUT2D eigenvalue weighted by Crippen LogP contribution is -2.48. The van der Waals surface area contributed by atoms with E-state index in [-0.39, 0.29) is 16.6 Å². The lowest BCUT2D eigenvalue weighted by molar-refractivity contribution is 0.0747. The summed E-state index contributed by atoms with van der Waals surface area (Å²) in [4.78, 5) is 21.5. The Kier molecular flexibility index (Phi) is 5.93. The Morgan fingerprint density at radius 2 is 1.68 bits per heavy atom. The minimum atomic E-state index is -3.75. The summed E-state index contributed by atoms with van der Waals surface area (Å²) in [5, 5.41) is 0.740. The number of anilines is 2. The van der Waals surface area contributed by atoms with Gasteiger partial charge in [-0.15, -0.1) is 0 Å². The molecular weight excluding hydrogens is 475 g/mol. The van der Waals surface area contributed by atoms with Crippen molar-refractivity contribution in [3.05, 3.63) is 84.2 Å². The fourth-order valence-electron chi connectivity index (χ4n) is 3.85. The quantitative estimate of drug-likeness (QED) is 0.448. The van der Waals surface area contributed by atoms with E-state index in [0.717, 1.165) is 9.83 Å². The highest BCUT2D eigenvalue weighted by Crippen LogP contribution is 2.31. The molecule has 1 aromatic heterocycles. The number of nitrogens with one attached hydrogen (secondary N) is 1. The number of hydrogen-bond acceptors (Lipinski definition) is 6. The third kappa shape index (κ3) is 4.46. The molecule has 174 valence electrons.